The van der Waals surface area contributed by atoms with Crippen LogP contribution in [0.25, 0.3) is 0 Å². The summed E-state index contributed by atoms with van der Waals surface area (Å²) in [6, 6.07) is 0. The first kappa shape index (κ1) is 13.5. The Kier molecular flexibility index (Phi) is 3.56. The van der Waals surface area contributed by atoms with Crippen molar-refractivity contribution in [2.24, 2.45) is 5.16 Å². The molecule has 1 heterocycles. The van der Waals surface area contributed by atoms with Gasteiger partial charge in [0.25, 0.3) is 0 Å². The Bertz CT molecular complexity index is 552. The summed E-state index contributed by atoms with van der Waals surface area (Å²) in [4.78, 5) is 31.4. The van der Waals surface area contributed by atoms with E-state index in [1.54, 1.807) is 12.3 Å². The van der Waals surface area contributed by atoms with Gasteiger partial charge in [-0.25, -0.2) is 14.6 Å². The molecular weight excluding hydrogens is 271 g/mol. The van der Waals surface area contributed by atoms with Gasteiger partial charge in [0.1, 0.15) is 5.69 Å². The number of thiazole rings is 1. The Balaban J connectivity index is 2.19. The molecule has 2 rings (SSSR count). The van der Waals surface area contributed by atoms with Crippen molar-refractivity contribution in [3.8, 4) is 0 Å². The van der Waals surface area contributed by atoms with Gasteiger partial charge in [-0.2, -0.15) is 0 Å². The van der Waals surface area contributed by atoms with Gasteiger partial charge in [0.2, 0.25) is 11.3 Å². The fraction of sp³-hybridized carbons (Fsp3) is 0.400. The summed E-state index contributed by atoms with van der Waals surface area (Å²) in [6.07, 6.45) is 0.769. The zero-order valence-corrected chi connectivity index (χ0v) is 10.8. The first-order valence-corrected chi connectivity index (χ1v) is 6.19. The molecule has 0 aromatic carbocycles. The van der Waals surface area contributed by atoms with Crippen LogP contribution >= 0.6 is 11.3 Å². The molecule has 1 aromatic heterocycles. The number of rotatable bonds is 5. The molecule has 0 bridgehead atoms. The quantitative estimate of drug-likeness (QED) is 0.476. The van der Waals surface area contributed by atoms with Crippen LogP contribution in [0.2, 0.25) is 0 Å². The SMILES string of the molecule is [B]OC(=O)C1(O/N=C(\C(=O)O)c2csc(C)n2)CC1. The number of aryl methyl sites for hydroxylation is 1. The smallest absolute Gasteiger partial charge is 0.378 e. The number of aromatic nitrogens is 1. The fourth-order valence-corrected chi connectivity index (χ4v) is 1.95. The summed E-state index contributed by atoms with van der Waals surface area (Å²) < 4.78 is 4.09. The van der Waals surface area contributed by atoms with Gasteiger partial charge in [0, 0.05) is 18.2 Å². The number of hydrogen-bond donors (Lipinski definition) is 1. The second-order valence-corrected chi connectivity index (χ2v) is 5.05. The van der Waals surface area contributed by atoms with Crippen LogP contribution in [0, 0.1) is 6.92 Å². The Labute approximate surface area is 113 Å². The van der Waals surface area contributed by atoms with Gasteiger partial charge >= 0.3 is 20.0 Å². The summed E-state index contributed by atoms with van der Waals surface area (Å²) in [7, 11) is 4.77. The van der Waals surface area contributed by atoms with E-state index >= 15 is 0 Å². The number of hydrogen-bond acceptors (Lipinski definition) is 7. The summed E-state index contributed by atoms with van der Waals surface area (Å²) in [5.41, 5.74) is -1.42. The zero-order valence-electron chi connectivity index (χ0n) is 9.95. The topological polar surface area (TPSA) is 98.1 Å². The van der Waals surface area contributed by atoms with E-state index in [1.807, 2.05) is 0 Å². The van der Waals surface area contributed by atoms with E-state index in [-0.39, 0.29) is 11.4 Å². The molecule has 0 unspecified atom stereocenters. The molecule has 98 valence electrons. The average Bonchev–Trinajstić information content (AvgIpc) is 3.05. The van der Waals surface area contributed by atoms with Crippen molar-refractivity contribution in [3.63, 3.8) is 0 Å². The summed E-state index contributed by atoms with van der Waals surface area (Å²) in [5, 5.41) is 14.8. The third kappa shape index (κ3) is 2.75. The highest BCUT2D eigenvalue weighted by Crippen LogP contribution is 2.40. The molecule has 0 atom stereocenters. The van der Waals surface area contributed by atoms with Crippen molar-refractivity contribution in [3.05, 3.63) is 16.1 Å². The number of oxime groups is 1. The molecule has 1 aromatic rings. The molecule has 1 fully saturated rings. The number of carboxylic acid groups (broad SMARTS) is 1. The van der Waals surface area contributed by atoms with Crippen molar-refractivity contribution < 1.29 is 24.2 Å². The number of carboxylic acids is 1. The van der Waals surface area contributed by atoms with E-state index < -0.39 is 17.5 Å². The van der Waals surface area contributed by atoms with E-state index in [2.05, 4.69) is 14.8 Å². The van der Waals surface area contributed by atoms with Crippen LogP contribution in [0.1, 0.15) is 23.5 Å². The zero-order chi connectivity index (χ0) is 14.0. The summed E-state index contributed by atoms with van der Waals surface area (Å²) in [6.45, 7) is 1.74. The first-order chi connectivity index (χ1) is 8.98. The number of aliphatic carboxylic acids is 1. The molecule has 1 saturated carbocycles. The lowest BCUT2D eigenvalue weighted by molar-refractivity contribution is -0.150. The van der Waals surface area contributed by atoms with E-state index in [0.717, 1.165) is 0 Å². The van der Waals surface area contributed by atoms with Crippen LogP contribution in [0.5, 0.6) is 0 Å². The predicted octanol–water partition coefficient (Wildman–Crippen LogP) is 0.416. The van der Waals surface area contributed by atoms with Crippen LogP contribution < -0.4 is 0 Å². The third-order valence-electron chi connectivity index (χ3n) is 2.56. The molecule has 2 radical (unpaired) electrons. The maximum atomic E-state index is 11.3. The van der Waals surface area contributed by atoms with E-state index in [1.165, 1.54) is 11.3 Å². The Morgan fingerprint density at radius 3 is 2.68 bits per heavy atom. The standard InChI is InChI=1S/C10H9BN2O5S/c1-5-12-6(4-19-5)7(8(14)15)13-18-10(2-3-10)9(16)17-11/h4H,2-3H2,1H3,(H,14,15)/b13-7-. The van der Waals surface area contributed by atoms with Gasteiger partial charge < -0.3 is 14.6 Å². The molecule has 1 aliphatic carbocycles. The van der Waals surface area contributed by atoms with Crippen LogP contribution in [-0.4, -0.2) is 41.4 Å². The van der Waals surface area contributed by atoms with Gasteiger partial charge in [-0.3, -0.25) is 0 Å². The summed E-state index contributed by atoms with van der Waals surface area (Å²) >= 11 is 1.29. The van der Waals surface area contributed by atoms with Crippen molar-refractivity contribution in [2.75, 3.05) is 0 Å². The molecular formula is C10H9BN2O5S. The largest absolute Gasteiger partial charge is 0.540 e. The molecule has 1 N–H and O–H groups in total. The lowest BCUT2D eigenvalue weighted by atomic mass is 10.3. The van der Waals surface area contributed by atoms with Crippen molar-refractivity contribution >= 4 is 37.0 Å². The normalized spacial score (nSPS) is 16.8. The van der Waals surface area contributed by atoms with Gasteiger partial charge in [0.15, 0.2) is 0 Å². The van der Waals surface area contributed by atoms with E-state index in [0.29, 0.717) is 17.8 Å². The Morgan fingerprint density at radius 1 is 1.58 bits per heavy atom. The van der Waals surface area contributed by atoms with Crippen molar-refractivity contribution in [1.82, 2.24) is 4.98 Å². The molecule has 7 nitrogen and oxygen atoms in total. The van der Waals surface area contributed by atoms with Gasteiger partial charge in [-0.15, -0.1) is 11.3 Å². The fourth-order valence-electron chi connectivity index (χ4n) is 1.35. The lowest BCUT2D eigenvalue weighted by Gasteiger charge is -2.10. The highest BCUT2D eigenvalue weighted by Gasteiger charge is 2.55. The number of carbonyl (C=O) groups is 2. The van der Waals surface area contributed by atoms with Crippen molar-refractivity contribution in [1.29, 1.82) is 0 Å². The number of nitrogens with zero attached hydrogens (tertiary/aromatic N) is 2. The monoisotopic (exact) mass is 280 g/mol. The van der Waals surface area contributed by atoms with E-state index in [4.69, 9.17) is 18.0 Å². The minimum absolute atomic E-state index is 0.187. The summed E-state index contributed by atoms with van der Waals surface area (Å²) in [5.74, 6) is -2.06. The number of carbonyl (C=O) groups excluding carboxylic acids is 1. The van der Waals surface area contributed by atoms with Crippen LogP contribution in [0.3, 0.4) is 0 Å². The van der Waals surface area contributed by atoms with E-state index in [9.17, 15) is 9.59 Å². The van der Waals surface area contributed by atoms with Crippen molar-refractivity contribution in [2.45, 2.75) is 25.4 Å². The molecule has 0 spiro atoms. The van der Waals surface area contributed by atoms with Crippen LogP contribution in [0.4, 0.5) is 0 Å². The maximum absolute atomic E-state index is 11.3. The molecule has 9 heteroatoms. The first-order valence-electron chi connectivity index (χ1n) is 5.31. The minimum atomic E-state index is -1.29. The molecule has 19 heavy (non-hydrogen) atoms. The lowest BCUT2D eigenvalue weighted by Crippen LogP contribution is -2.27. The van der Waals surface area contributed by atoms with Crippen LogP contribution in [0.15, 0.2) is 10.5 Å². The second-order valence-electron chi connectivity index (χ2n) is 3.99. The molecule has 0 amide bonds. The second kappa shape index (κ2) is 5.00. The van der Waals surface area contributed by atoms with Gasteiger partial charge in [-0.1, -0.05) is 5.16 Å². The minimum Gasteiger partial charge on any atom is -0.540 e. The molecule has 0 aliphatic heterocycles. The highest BCUT2D eigenvalue weighted by molar-refractivity contribution is 7.09. The Morgan fingerprint density at radius 2 is 2.26 bits per heavy atom. The molecule has 1 aliphatic rings. The third-order valence-corrected chi connectivity index (χ3v) is 3.33. The predicted molar refractivity (Wildman–Crippen MR) is 65.9 cm³/mol. The van der Waals surface area contributed by atoms with Gasteiger partial charge in [0.05, 0.1) is 5.01 Å². The highest BCUT2D eigenvalue weighted by atomic mass is 32.1. The van der Waals surface area contributed by atoms with Gasteiger partial charge in [-0.05, 0) is 6.92 Å². The Hall–Kier alpha value is -1.90. The average molecular weight is 280 g/mol. The maximum Gasteiger partial charge on any atom is 0.378 e. The van der Waals surface area contributed by atoms with Crippen LogP contribution in [-0.2, 0) is 19.1 Å². The molecule has 0 saturated heterocycles.